The third kappa shape index (κ3) is 2.95. The molecule has 1 aromatic heterocycles. The van der Waals surface area contributed by atoms with Gasteiger partial charge in [-0.2, -0.15) is 0 Å². The third-order valence-corrected chi connectivity index (χ3v) is 3.02. The number of amides is 1. The number of rotatable bonds is 1. The number of ether oxygens (including phenoxy) is 1. The molecule has 0 radical (unpaired) electrons. The van der Waals surface area contributed by atoms with E-state index in [1.807, 2.05) is 32.9 Å². The first-order chi connectivity index (χ1) is 8.92. The van der Waals surface area contributed by atoms with Gasteiger partial charge < -0.3 is 4.74 Å². The minimum atomic E-state index is -0.488. The van der Waals surface area contributed by atoms with Crippen LogP contribution in [0.5, 0.6) is 0 Å². The lowest BCUT2D eigenvalue weighted by Crippen LogP contribution is -2.42. The molecular formula is C15H20N2O2. The highest BCUT2D eigenvalue weighted by atomic mass is 16.6. The van der Waals surface area contributed by atoms with Crippen LogP contribution in [-0.2, 0) is 11.2 Å². The van der Waals surface area contributed by atoms with E-state index in [2.05, 4.69) is 11.6 Å². The number of aromatic nitrogens is 1. The van der Waals surface area contributed by atoms with E-state index in [4.69, 9.17) is 4.74 Å². The van der Waals surface area contributed by atoms with Gasteiger partial charge in [0, 0.05) is 30.4 Å². The molecule has 0 N–H and O–H groups in total. The minimum absolute atomic E-state index is 0.160. The molecule has 1 aliphatic rings. The summed E-state index contributed by atoms with van der Waals surface area (Å²) < 4.78 is 5.44. The number of hydrogen-bond donors (Lipinski definition) is 0. The Morgan fingerprint density at radius 1 is 1.58 bits per heavy atom. The molecule has 0 bridgehead atoms. The van der Waals surface area contributed by atoms with Crippen LogP contribution in [0.3, 0.4) is 0 Å². The van der Waals surface area contributed by atoms with Crippen LogP contribution in [0.25, 0.3) is 0 Å². The summed E-state index contributed by atoms with van der Waals surface area (Å²) in [7, 11) is 0. The lowest BCUT2D eigenvalue weighted by atomic mass is 9.97. The molecule has 2 rings (SSSR count). The molecule has 4 heteroatoms. The van der Waals surface area contributed by atoms with Gasteiger partial charge in [0.15, 0.2) is 0 Å². The molecule has 1 aromatic rings. The number of pyridine rings is 1. The maximum Gasteiger partial charge on any atom is 0.411 e. The second kappa shape index (κ2) is 5.03. The summed E-state index contributed by atoms with van der Waals surface area (Å²) in [5.74, 6) is 0. The van der Waals surface area contributed by atoms with Crippen LogP contribution >= 0.6 is 0 Å². The molecule has 19 heavy (non-hydrogen) atoms. The van der Waals surface area contributed by atoms with Gasteiger partial charge >= 0.3 is 6.09 Å². The van der Waals surface area contributed by atoms with Crippen LogP contribution in [0.2, 0.25) is 0 Å². The van der Waals surface area contributed by atoms with Gasteiger partial charge in [0.05, 0.1) is 6.04 Å². The lowest BCUT2D eigenvalue weighted by Gasteiger charge is -2.36. The van der Waals surface area contributed by atoms with E-state index in [1.54, 1.807) is 17.2 Å². The molecule has 1 unspecified atom stereocenters. The van der Waals surface area contributed by atoms with Gasteiger partial charge in [0.1, 0.15) is 5.60 Å². The van der Waals surface area contributed by atoms with E-state index in [0.717, 1.165) is 17.7 Å². The molecule has 4 nitrogen and oxygen atoms in total. The maximum atomic E-state index is 12.2. The lowest BCUT2D eigenvalue weighted by molar-refractivity contribution is 0.0183. The van der Waals surface area contributed by atoms with Gasteiger partial charge in [-0.15, -0.1) is 6.58 Å². The monoisotopic (exact) mass is 260 g/mol. The smallest absolute Gasteiger partial charge is 0.411 e. The Balaban J connectivity index is 2.25. The van der Waals surface area contributed by atoms with Crippen molar-refractivity contribution in [3.05, 3.63) is 42.2 Å². The van der Waals surface area contributed by atoms with Crippen molar-refractivity contribution in [2.45, 2.75) is 38.8 Å². The second-order valence-corrected chi connectivity index (χ2v) is 5.64. The molecule has 2 heterocycles. The maximum absolute atomic E-state index is 12.2. The predicted molar refractivity (Wildman–Crippen MR) is 73.8 cm³/mol. The molecule has 0 fully saturated rings. The number of carbonyl (C=O) groups is 1. The SMILES string of the molecule is C=CC1c2cccnc2CCN1C(=O)OC(C)(C)C. The first-order valence-corrected chi connectivity index (χ1v) is 6.48. The van der Waals surface area contributed by atoms with Crippen LogP contribution < -0.4 is 0 Å². The Morgan fingerprint density at radius 2 is 2.32 bits per heavy atom. The molecule has 0 saturated carbocycles. The van der Waals surface area contributed by atoms with Crippen LogP contribution in [0.15, 0.2) is 31.0 Å². The zero-order valence-corrected chi connectivity index (χ0v) is 11.7. The Morgan fingerprint density at radius 3 is 2.95 bits per heavy atom. The van der Waals surface area contributed by atoms with Crippen LogP contribution in [0.1, 0.15) is 38.1 Å². The van der Waals surface area contributed by atoms with Gasteiger partial charge in [-0.05, 0) is 26.8 Å². The van der Waals surface area contributed by atoms with Gasteiger partial charge in [-0.3, -0.25) is 9.88 Å². The van der Waals surface area contributed by atoms with Crippen LogP contribution in [0.4, 0.5) is 4.79 Å². The summed E-state index contributed by atoms with van der Waals surface area (Å²) in [6.07, 6.45) is 4.00. The average Bonchev–Trinajstić information content (AvgIpc) is 2.35. The van der Waals surface area contributed by atoms with Gasteiger partial charge in [-0.25, -0.2) is 4.79 Å². The minimum Gasteiger partial charge on any atom is -0.444 e. The van der Waals surface area contributed by atoms with Crippen LogP contribution in [0, 0.1) is 0 Å². The molecule has 102 valence electrons. The Bertz CT molecular complexity index is 491. The number of fused-ring (bicyclic) bond motifs is 1. The van der Waals surface area contributed by atoms with Crippen molar-refractivity contribution < 1.29 is 9.53 Å². The summed E-state index contributed by atoms with van der Waals surface area (Å²) in [6, 6.07) is 3.71. The van der Waals surface area contributed by atoms with E-state index in [9.17, 15) is 4.79 Å². The Hall–Kier alpha value is -1.84. The van der Waals surface area contributed by atoms with Gasteiger partial charge in [0.2, 0.25) is 0 Å². The van der Waals surface area contributed by atoms with Gasteiger partial charge in [-0.1, -0.05) is 12.1 Å². The molecular weight excluding hydrogens is 240 g/mol. The standard InChI is InChI=1S/C15H20N2O2/c1-5-13-11-7-6-9-16-12(11)8-10-17(13)14(18)19-15(2,3)4/h5-7,9,13H,1,8,10H2,2-4H3. The summed E-state index contributed by atoms with van der Waals surface area (Å²) >= 11 is 0. The van der Waals surface area contributed by atoms with Gasteiger partial charge in [0.25, 0.3) is 0 Å². The van der Waals surface area contributed by atoms with E-state index in [-0.39, 0.29) is 12.1 Å². The molecule has 1 aliphatic heterocycles. The second-order valence-electron chi connectivity index (χ2n) is 5.64. The van der Waals surface area contributed by atoms with E-state index < -0.39 is 5.60 Å². The third-order valence-electron chi connectivity index (χ3n) is 3.02. The van der Waals surface area contributed by atoms with E-state index in [0.29, 0.717) is 6.54 Å². The quantitative estimate of drug-likeness (QED) is 0.729. The fraction of sp³-hybridized carbons (Fsp3) is 0.467. The number of carbonyl (C=O) groups excluding carboxylic acids is 1. The molecule has 0 aromatic carbocycles. The predicted octanol–water partition coefficient (Wildman–Crippen LogP) is 3.10. The summed E-state index contributed by atoms with van der Waals surface area (Å²) in [5, 5.41) is 0. The zero-order valence-electron chi connectivity index (χ0n) is 11.7. The number of nitrogens with zero attached hydrogens (tertiary/aromatic N) is 2. The first kappa shape index (κ1) is 13.6. The average molecular weight is 260 g/mol. The van der Waals surface area contributed by atoms with Crippen LogP contribution in [-0.4, -0.2) is 28.1 Å². The van der Waals surface area contributed by atoms with Crippen molar-refractivity contribution in [1.82, 2.24) is 9.88 Å². The van der Waals surface area contributed by atoms with Crippen molar-refractivity contribution >= 4 is 6.09 Å². The van der Waals surface area contributed by atoms with Crippen molar-refractivity contribution in [3.63, 3.8) is 0 Å². The van der Waals surface area contributed by atoms with Crippen molar-refractivity contribution in [3.8, 4) is 0 Å². The fourth-order valence-corrected chi connectivity index (χ4v) is 2.24. The fourth-order valence-electron chi connectivity index (χ4n) is 2.24. The summed E-state index contributed by atoms with van der Waals surface area (Å²) in [6.45, 7) is 10.0. The topological polar surface area (TPSA) is 42.4 Å². The highest BCUT2D eigenvalue weighted by Crippen LogP contribution is 2.30. The summed E-state index contributed by atoms with van der Waals surface area (Å²) in [5.41, 5.74) is 1.58. The Kier molecular flexibility index (Phi) is 3.60. The van der Waals surface area contributed by atoms with Crippen molar-refractivity contribution in [2.75, 3.05) is 6.54 Å². The summed E-state index contributed by atoms with van der Waals surface area (Å²) in [4.78, 5) is 18.3. The van der Waals surface area contributed by atoms with Crippen molar-refractivity contribution in [2.24, 2.45) is 0 Å². The Labute approximate surface area is 114 Å². The first-order valence-electron chi connectivity index (χ1n) is 6.48. The van der Waals surface area contributed by atoms with Crippen molar-refractivity contribution in [1.29, 1.82) is 0 Å². The largest absolute Gasteiger partial charge is 0.444 e. The molecule has 1 amide bonds. The normalized spacial score (nSPS) is 18.7. The van der Waals surface area contributed by atoms with E-state index in [1.165, 1.54) is 0 Å². The molecule has 0 saturated heterocycles. The molecule has 0 spiro atoms. The highest BCUT2D eigenvalue weighted by molar-refractivity contribution is 5.69. The number of hydrogen-bond acceptors (Lipinski definition) is 3. The zero-order chi connectivity index (χ0) is 14.0. The van der Waals surface area contributed by atoms with E-state index >= 15 is 0 Å². The highest BCUT2D eigenvalue weighted by Gasteiger charge is 2.32. The molecule has 0 aliphatic carbocycles. The molecule has 1 atom stereocenters.